The van der Waals surface area contributed by atoms with Gasteiger partial charge in [0.25, 0.3) is 0 Å². The van der Waals surface area contributed by atoms with E-state index in [9.17, 15) is 14.9 Å². The number of hydrogen-bond donors (Lipinski definition) is 2. The molecule has 7 heteroatoms. The van der Waals surface area contributed by atoms with E-state index in [1.807, 2.05) is 37.3 Å². The number of hydrogen-bond acceptors (Lipinski definition) is 5. The minimum Gasteiger partial charge on any atom is -0.384 e. The number of imide groups is 1. The van der Waals surface area contributed by atoms with Crippen molar-refractivity contribution in [1.29, 1.82) is 5.26 Å². The second-order valence-corrected chi connectivity index (χ2v) is 6.26. The molecule has 0 aliphatic carbocycles. The van der Waals surface area contributed by atoms with E-state index in [4.69, 9.17) is 5.73 Å². The summed E-state index contributed by atoms with van der Waals surface area (Å²) in [5.74, 6) is -0.557. The zero-order chi connectivity index (χ0) is 18.7. The summed E-state index contributed by atoms with van der Waals surface area (Å²) in [6, 6.07) is 13.3. The molecule has 0 saturated carbocycles. The monoisotopic (exact) mass is 349 g/mol. The summed E-state index contributed by atoms with van der Waals surface area (Å²) >= 11 is 0. The molecule has 1 aliphatic heterocycles. The molecule has 1 aromatic heterocycles. The molecule has 0 radical (unpaired) electrons. The van der Waals surface area contributed by atoms with E-state index in [1.165, 1.54) is 0 Å². The Morgan fingerprint density at radius 2 is 2.12 bits per heavy atom. The van der Waals surface area contributed by atoms with E-state index >= 15 is 0 Å². The third kappa shape index (κ3) is 3.35. The fourth-order valence-electron chi connectivity index (χ4n) is 3.08. The van der Waals surface area contributed by atoms with Crippen molar-refractivity contribution >= 4 is 17.8 Å². The Kier molecular flexibility index (Phi) is 4.85. The van der Waals surface area contributed by atoms with Crippen molar-refractivity contribution in [2.24, 2.45) is 5.92 Å². The fraction of sp³-hybridized carbons (Fsp3) is 0.263. The van der Waals surface area contributed by atoms with Gasteiger partial charge in [0.2, 0.25) is 5.91 Å². The van der Waals surface area contributed by atoms with Crippen LogP contribution in [0.5, 0.6) is 0 Å². The van der Waals surface area contributed by atoms with Gasteiger partial charge >= 0.3 is 6.03 Å². The van der Waals surface area contributed by atoms with E-state index in [1.54, 1.807) is 18.3 Å². The maximum atomic E-state index is 12.5. The van der Waals surface area contributed by atoms with Crippen molar-refractivity contribution in [1.82, 2.24) is 15.2 Å². The number of β-lactam (4-membered cyclic amide) rings is 1. The molecule has 3 unspecified atom stereocenters. The summed E-state index contributed by atoms with van der Waals surface area (Å²) < 4.78 is 0. The molecule has 0 spiro atoms. The lowest BCUT2D eigenvalue weighted by atomic mass is 9.83. The van der Waals surface area contributed by atoms with Crippen LogP contribution in [-0.2, 0) is 11.2 Å². The van der Waals surface area contributed by atoms with Crippen LogP contribution < -0.4 is 11.1 Å². The van der Waals surface area contributed by atoms with Crippen LogP contribution in [0.4, 0.5) is 10.6 Å². The summed E-state index contributed by atoms with van der Waals surface area (Å²) in [5, 5.41) is 12.2. The number of nitrogen functional groups attached to an aromatic ring is 1. The largest absolute Gasteiger partial charge is 0.384 e. The topological polar surface area (TPSA) is 112 Å². The number of rotatable bonds is 4. The predicted molar refractivity (Wildman–Crippen MR) is 95.5 cm³/mol. The Morgan fingerprint density at radius 1 is 1.38 bits per heavy atom. The lowest BCUT2D eigenvalue weighted by Gasteiger charge is -2.42. The quantitative estimate of drug-likeness (QED) is 0.820. The Hall–Kier alpha value is -3.40. The summed E-state index contributed by atoms with van der Waals surface area (Å²) in [7, 11) is 0. The Balaban J connectivity index is 1.66. The number of carbonyl (C=O) groups excluding carboxylic acids is 2. The summed E-state index contributed by atoms with van der Waals surface area (Å²) in [5.41, 5.74) is 7.38. The number of anilines is 1. The lowest BCUT2D eigenvalue weighted by molar-refractivity contribution is -0.146. The Bertz CT molecular complexity index is 862. The molecule has 2 heterocycles. The number of nitrogens with zero attached hydrogens (tertiary/aromatic N) is 3. The second kappa shape index (κ2) is 7.23. The van der Waals surface area contributed by atoms with Gasteiger partial charge in [0, 0.05) is 6.20 Å². The number of urea groups is 1. The first-order chi connectivity index (χ1) is 12.5. The van der Waals surface area contributed by atoms with E-state index < -0.39 is 18.0 Å². The number of benzene rings is 1. The van der Waals surface area contributed by atoms with Gasteiger partial charge in [0.15, 0.2) is 0 Å². The minimum absolute atomic E-state index is 0.269. The zero-order valence-corrected chi connectivity index (χ0v) is 14.3. The highest BCUT2D eigenvalue weighted by atomic mass is 16.2. The number of nitriles is 1. The summed E-state index contributed by atoms with van der Waals surface area (Å²) in [6.07, 6.45) is 1.91. The van der Waals surface area contributed by atoms with Gasteiger partial charge in [0.1, 0.15) is 11.9 Å². The van der Waals surface area contributed by atoms with Crippen molar-refractivity contribution in [3.05, 3.63) is 59.8 Å². The van der Waals surface area contributed by atoms with Gasteiger partial charge in [-0.25, -0.2) is 14.7 Å². The fourth-order valence-corrected chi connectivity index (χ4v) is 3.08. The van der Waals surface area contributed by atoms with Gasteiger partial charge in [-0.15, -0.1) is 0 Å². The van der Waals surface area contributed by atoms with Crippen LogP contribution in [-0.4, -0.2) is 27.9 Å². The van der Waals surface area contributed by atoms with Crippen LogP contribution in [0.2, 0.25) is 0 Å². The van der Waals surface area contributed by atoms with Gasteiger partial charge in [-0.05, 0) is 36.6 Å². The van der Waals surface area contributed by atoms with E-state index in [-0.39, 0.29) is 11.9 Å². The molecule has 3 rings (SSSR count). The number of carbonyl (C=O) groups is 2. The zero-order valence-electron chi connectivity index (χ0n) is 14.3. The van der Waals surface area contributed by atoms with Crippen molar-refractivity contribution in [2.75, 3.05) is 5.73 Å². The highest BCUT2D eigenvalue weighted by Crippen LogP contribution is 2.30. The number of nitrogens with one attached hydrogen (secondary N) is 1. The molecule has 7 nitrogen and oxygen atoms in total. The van der Waals surface area contributed by atoms with Crippen molar-refractivity contribution in [3.8, 4) is 6.07 Å². The first-order valence-electron chi connectivity index (χ1n) is 8.29. The molecule has 1 aromatic carbocycles. The van der Waals surface area contributed by atoms with Crippen LogP contribution in [0.3, 0.4) is 0 Å². The summed E-state index contributed by atoms with van der Waals surface area (Å²) in [4.78, 5) is 29.8. The van der Waals surface area contributed by atoms with Crippen LogP contribution >= 0.6 is 0 Å². The standard InChI is InChI=1S/C19H19N5O2/c1-12(14-5-3-2-4-6-14)23-19(26)24-16(11-20)15(18(24)25)9-13-7-8-22-17(21)10-13/h2-8,10,12,15-16H,9H2,1H3,(H2,21,22)(H,23,26). The molecule has 3 N–H and O–H groups in total. The van der Waals surface area contributed by atoms with Crippen molar-refractivity contribution in [3.63, 3.8) is 0 Å². The number of nitrogens with two attached hydrogens (primary N) is 1. The van der Waals surface area contributed by atoms with Crippen LogP contribution in [0.25, 0.3) is 0 Å². The van der Waals surface area contributed by atoms with Crippen LogP contribution in [0, 0.1) is 17.2 Å². The predicted octanol–water partition coefficient (Wildman–Crippen LogP) is 2.03. The molecule has 2 aromatic rings. The second-order valence-electron chi connectivity index (χ2n) is 6.26. The number of pyridine rings is 1. The van der Waals surface area contributed by atoms with Gasteiger partial charge < -0.3 is 11.1 Å². The van der Waals surface area contributed by atoms with Crippen molar-refractivity contribution < 1.29 is 9.59 Å². The normalized spacial score (nSPS) is 20.0. The smallest absolute Gasteiger partial charge is 0.325 e. The molecule has 0 bridgehead atoms. The number of aromatic nitrogens is 1. The molecule has 1 fully saturated rings. The third-order valence-corrected chi connectivity index (χ3v) is 4.51. The van der Waals surface area contributed by atoms with E-state index in [0.717, 1.165) is 16.0 Å². The molecule has 132 valence electrons. The molecule has 1 saturated heterocycles. The summed E-state index contributed by atoms with van der Waals surface area (Å²) in [6.45, 7) is 1.83. The number of amides is 3. The van der Waals surface area contributed by atoms with Crippen LogP contribution in [0.15, 0.2) is 48.7 Å². The first-order valence-corrected chi connectivity index (χ1v) is 8.29. The first kappa shape index (κ1) is 17.4. The Morgan fingerprint density at radius 3 is 2.77 bits per heavy atom. The van der Waals surface area contributed by atoms with E-state index in [2.05, 4.69) is 16.4 Å². The van der Waals surface area contributed by atoms with Crippen LogP contribution in [0.1, 0.15) is 24.1 Å². The molecule has 3 amide bonds. The molecular weight excluding hydrogens is 330 g/mol. The van der Waals surface area contributed by atoms with Gasteiger partial charge in [-0.3, -0.25) is 4.79 Å². The molecule has 1 aliphatic rings. The average Bonchev–Trinajstić information content (AvgIpc) is 2.64. The number of likely N-dealkylation sites (tertiary alicyclic amines) is 1. The SMILES string of the molecule is CC(NC(=O)N1C(=O)C(Cc2ccnc(N)c2)C1C#N)c1ccccc1. The lowest BCUT2D eigenvalue weighted by Crippen LogP contribution is -2.65. The maximum Gasteiger partial charge on any atom is 0.325 e. The Labute approximate surface area is 151 Å². The van der Waals surface area contributed by atoms with E-state index in [0.29, 0.717) is 12.2 Å². The molecular formula is C19H19N5O2. The highest BCUT2D eigenvalue weighted by molar-refractivity contribution is 6.02. The molecule has 26 heavy (non-hydrogen) atoms. The molecule has 3 atom stereocenters. The highest BCUT2D eigenvalue weighted by Gasteiger charge is 2.51. The maximum absolute atomic E-state index is 12.5. The van der Waals surface area contributed by atoms with Gasteiger partial charge in [-0.1, -0.05) is 30.3 Å². The average molecular weight is 349 g/mol. The van der Waals surface area contributed by atoms with Gasteiger partial charge in [0.05, 0.1) is 18.0 Å². The third-order valence-electron chi connectivity index (χ3n) is 4.51. The van der Waals surface area contributed by atoms with Gasteiger partial charge in [-0.2, -0.15) is 5.26 Å². The minimum atomic E-state index is -0.792. The van der Waals surface area contributed by atoms with Crippen molar-refractivity contribution in [2.45, 2.75) is 25.4 Å².